The molecule has 3 aliphatic heterocycles. The van der Waals surface area contributed by atoms with Crippen molar-refractivity contribution >= 4 is 52.5 Å². The van der Waals surface area contributed by atoms with E-state index in [0.29, 0.717) is 12.2 Å². The Labute approximate surface area is 249 Å². The van der Waals surface area contributed by atoms with Crippen molar-refractivity contribution in [1.82, 2.24) is 15.1 Å². The van der Waals surface area contributed by atoms with E-state index in [1.807, 2.05) is 0 Å². The van der Waals surface area contributed by atoms with Crippen molar-refractivity contribution < 1.29 is 37.1 Å². The lowest BCUT2D eigenvalue weighted by atomic mass is 9.96. The fraction of sp³-hybridized carbons (Fsp3) is 0.345. The summed E-state index contributed by atoms with van der Waals surface area (Å²) in [6.07, 6.45) is -2.20. The number of benzene rings is 2. The van der Waals surface area contributed by atoms with Crippen molar-refractivity contribution in [2.24, 2.45) is 5.92 Å². The zero-order valence-corrected chi connectivity index (χ0v) is 23.4. The van der Waals surface area contributed by atoms with E-state index < -0.39 is 52.4 Å². The first-order chi connectivity index (χ1) is 20.4. The summed E-state index contributed by atoms with van der Waals surface area (Å²) in [5, 5.41) is 7.21. The van der Waals surface area contributed by atoms with Crippen LogP contribution in [0.4, 0.5) is 24.5 Å². The maximum atomic E-state index is 13.3. The average molecular weight is 618 g/mol. The molecule has 43 heavy (non-hydrogen) atoms. The third-order valence-electron chi connectivity index (χ3n) is 7.50. The highest BCUT2D eigenvalue weighted by Gasteiger charge is 2.42. The molecule has 2 aromatic rings. The van der Waals surface area contributed by atoms with Crippen molar-refractivity contribution in [2.45, 2.75) is 37.9 Å². The third kappa shape index (κ3) is 6.89. The average Bonchev–Trinajstić information content (AvgIpc) is 3.17. The minimum absolute atomic E-state index is 0.0103. The number of nitrogens with one attached hydrogen (secondary N) is 3. The van der Waals surface area contributed by atoms with Gasteiger partial charge in [0.25, 0.3) is 11.8 Å². The van der Waals surface area contributed by atoms with Crippen LogP contribution in [0.2, 0.25) is 5.02 Å². The van der Waals surface area contributed by atoms with Crippen molar-refractivity contribution in [3.63, 3.8) is 0 Å². The second-order valence-electron chi connectivity index (χ2n) is 10.6. The van der Waals surface area contributed by atoms with Gasteiger partial charge in [-0.1, -0.05) is 23.7 Å². The highest BCUT2D eigenvalue weighted by molar-refractivity contribution is 6.31. The van der Waals surface area contributed by atoms with E-state index in [4.69, 9.17) is 11.6 Å². The van der Waals surface area contributed by atoms with Crippen LogP contribution >= 0.6 is 11.6 Å². The molecule has 0 radical (unpaired) electrons. The second kappa shape index (κ2) is 12.2. The second-order valence-corrected chi connectivity index (χ2v) is 11.0. The minimum atomic E-state index is -4.62. The molecule has 226 valence electrons. The van der Waals surface area contributed by atoms with Gasteiger partial charge in [0.05, 0.1) is 16.5 Å². The maximum Gasteiger partial charge on any atom is 0.417 e. The van der Waals surface area contributed by atoms with Gasteiger partial charge in [0, 0.05) is 30.4 Å². The van der Waals surface area contributed by atoms with Crippen LogP contribution in [0.3, 0.4) is 0 Å². The molecule has 3 N–H and O–H groups in total. The number of hydrogen-bond acceptors (Lipinski definition) is 7. The van der Waals surface area contributed by atoms with Crippen LogP contribution in [0.1, 0.15) is 30.4 Å². The number of nitrogens with zero attached hydrogens (tertiary/aromatic N) is 2. The zero-order chi connectivity index (χ0) is 30.9. The van der Waals surface area contributed by atoms with Crippen LogP contribution in [0.5, 0.6) is 0 Å². The van der Waals surface area contributed by atoms with Crippen molar-refractivity contribution in [3.05, 3.63) is 70.4 Å². The molecule has 2 atom stereocenters. The molecule has 3 heterocycles. The fourth-order valence-corrected chi connectivity index (χ4v) is 5.48. The van der Waals surface area contributed by atoms with E-state index in [1.165, 1.54) is 0 Å². The zero-order valence-electron chi connectivity index (χ0n) is 22.7. The first-order valence-corrected chi connectivity index (χ1v) is 14.0. The number of hydrogen-bond donors (Lipinski definition) is 3. The lowest BCUT2D eigenvalue weighted by Gasteiger charge is -2.33. The summed E-state index contributed by atoms with van der Waals surface area (Å²) >= 11 is 5.82. The molecular formula is C29H27ClF3N5O5. The Hall–Kier alpha value is -4.23. The Morgan fingerprint density at radius 2 is 1.84 bits per heavy atom. The fourth-order valence-electron chi connectivity index (χ4n) is 5.20. The Morgan fingerprint density at radius 1 is 1.07 bits per heavy atom. The van der Waals surface area contributed by atoms with Crippen molar-refractivity contribution in [2.75, 3.05) is 30.3 Å². The molecule has 0 spiro atoms. The predicted molar refractivity (Wildman–Crippen MR) is 150 cm³/mol. The normalized spacial score (nSPS) is 20.0. The van der Waals surface area contributed by atoms with Crippen LogP contribution in [0, 0.1) is 5.92 Å². The van der Waals surface area contributed by atoms with Crippen LogP contribution in [-0.4, -0.2) is 65.0 Å². The topological polar surface area (TPSA) is 128 Å². The molecule has 5 rings (SSSR count). The van der Waals surface area contributed by atoms with Crippen LogP contribution in [0.25, 0.3) is 0 Å². The van der Waals surface area contributed by atoms with E-state index in [9.17, 15) is 37.1 Å². The Morgan fingerprint density at radius 3 is 2.49 bits per heavy atom. The summed E-state index contributed by atoms with van der Waals surface area (Å²) in [5.41, 5.74) is 0.305. The van der Waals surface area contributed by atoms with Crippen LogP contribution in [0.15, 0.2) is 54.2 Å². The molecule has 0 aliphatic carbocycles. The van der Waals surface area contributed by atoms with Crippen LogP contribution < -0.4 is 16.0 Å². The predicted octanol–water partition coefficient (Wildman–Crippen LogP) is 3.33. The van der Waals surface area contributed by atoms with Gasteiger partial charge in [0.2, 0.25) is 17.7 Å². The van der Waals surface area contributed by atoms with Gasteiger partial charge in [0.15, 0.2) is 0 Å². The minimum Gasteiger partial charge on any atom is -0.351 e. The molecule has 2 saturated heterocycles. The van der Waals surface area contributed by atoms with Gasteiger partial charge in [-0.3, -0.25) is 34.2 Å². The first kappa shape index (κ1) is 30.2. The molecular weight excluding hydrogens is 591 g/mol. The molecule has 2 fully saturated rings. The number of likely N-dealkylation sites (tertiary alicyclic amines) is 1. The lowest BCUT2D eigenvalue weighted by molar-refractivity contribution is -0.149. The van der Waals surface area contributed by atoms with Crippen molar-refractivity contribution in [3.8, 4) is 0 Å². The van der Waals surface area contributed by atoms with Gasteiger partial charge in [-0.25, -0.2) is 0 Å². The molecule has 14 heteroatoms. The Bertz CT molecular complexity index is 1520. The Kier molecular flexibility index (Phi) is 8.56. The quantitative estimate of drug-likeness (QED) is 0.368. The number of carbonyl (C=O) groups is 5. The number of rotatable bonds is 9. The highest BCUT2D eigenvalue weighted by atomic mass is 35.5. The number of anilines is 2. The van der Waals surface area contributed by atoms with Gasteiger partial charge < -0.3 is 15.5 Å². The van der Waals surface area contributed by atoms with Gasteiger partial charge in [0.1, 0.15) is 11.7 Å². The van der Waals surface area contributed by atoms with E-state index >= 15 is 0 Å². The molecule has 2 aromatic carbocycles. The summed E-state index contributed by atoms with van der Waals surface area (Å²) in [7, 11) is 0. The number of halogens is 4. The van der Waals surface area contributed by atoms with E-state index in [-0.39, 0.29) is 36.6 Å². The molecule has 2 unspecified atom stereocenters. The number of carbonyl (C=O) groups excluding carboxylic acids is 5. The third-order valence-corrected chi connectivity index (χ3v) is 7.82. The number of amides is 5. The van der Waals surface area contributed by atoms with E-state index in [1.54, 1.807) is 24.3 Å². The van der Waals surface area contributed by atoms with Gasteiger partial charge >= 0.3 is 6.18 Å². The SMILES string of the molecule is O=C1CCC(N2C(=O)C=C(Nc3cccc(CC(CN4CCC4)C(=O)Nc4ccc(C(F)(F)F)c(Cl)c4)c3)C2=O)C(=O)N1. The molecule has 5 amide bonds. The largest absolute Gasteiger partial charge is 0.417 e. The monoisotopic (exact) mass is 617 g/mol. The number of piperidine rings is 1. The first-order valence-electron chi connectivity index (χ1n) is 13.6. The lowest BCUT2D eigenvalue weighted by Crippen LogP contribution is -2.54. The standard InChI is InChI=1S/C29H27ClF3N5O5/c30-21-13-19(5-6-20(21)29(31,32)33)35-26(41)17(15-37-9-2-10-37)11-16-3-1-4-18(12-16)34-22-14-25(40)38(28(22)43)23-7-8-24(39)36-27(23)42/h1,3-6,12-14,17,23,34H,2,7-11,15H2,(H,35,41)(H,36,39,42). The molecule has 10 nitrogen and oxygen atoms in total. The molecule has 0 saturated carbocycles. The Balaban J connectivity index is 1.27. The molecule has 0 bridgehead atoms. The van der Waals surface area contributed by atoms with E-state index in [2.05, 4.69) is 20.9 Å². The van der Waals surface area contributed by atoms with Gasteiger partial charge in [-0.15, -0.1) is 0 Å². The highest BCUT2D eigenvalue weighted by Crippen LogP contribution is 2.36. The molecule has 0 aromatic heterocycles. The molecule has 3 aliphatic rings. The van der Waals surface area contributed by atoms with Crippen molar-refractivity contribution in [1.29, 1.82) is 0 Å². The van der Waals surface area contributed by atoms with Gasteiger partial charge in [-0.05, 0) is 68.2 Å². The summed E-state index contributed by atoms with van der Waals surface area (Å²) in [6.45, 7) is 2.08. The summed E-state index contributed by atoms with van der Waals surface area (Å²) in [5.74, 6) is -3.50. The summed E-state index contributed by atoms with van der Waals surface area (Å²) in [6, 6.07) is 8.86. The number of imide groups is 2. The van der Waals surface area contributed by atoms with Gasteiger partial charge in [-0.2, -0.15) is 13.2 Å². The van der Waals surface area contributed by atoms with Crippen LogP contribution in [-0.2, 0) is 36.6 Å². The smallest absolute Gasteiger partial charge is 0.351 e. The maximum absolute atomic E-state index is 13.3. The number of alkyl halides is 3. The summed E-state index contributed by atoms with van der Waals surface area (Å²) in [4.78, 5) is 65.5. The van der Waals surface area contributed by atoms with E-state index in [0.717, 1.165) is 54.2 Å². The summed E-state index contributed by atoms with van der Waals surface area (Å²) < 4.78 is 39.3.